The summed E-state index contributed by atoms with van der Waals surface area (Å²) in [6.45, 7) is 2.53. The van der Waals surface area contributed by atoms with E-state index in [1.807, 2.05) is 6.92 Å². The second-order valence-electron chi connectivity index (χ2n) is 3.11. The number of carboxylic acid groups (broad SMARTS) is 1. The third kappa shape index (κ3) is 2.55. The average Bonchev–Trinajstić information content (AvgIpc) is 2.65. The maximum absolute atomic E-state index is 11.6. The molecule has 0 aliphatic heterocycles. The van der Waals surface area contributed by atoms with E-state index in [-0.39, 0.29) is 17.4 Å². The van der Waals surface area contributed by atoms with Crippen molar-refractivity contribution in [2.75, 3.05) is 13.6 Å². The van der Waals surface area contributed by atoms with Crippen molar-refractivity contribution in [3.05, 3.63) is 17.5 Å². The molecule has 0 spiro atoms. The lowest BCUT2D eigenvalue weighted by Gasteiger charge is -2.13. The van der Waals surface area contributed by atoms with Gasteiger partial charge < -0.3 is 14.5 Å². The van der Waals surface area contributed by atoms with Crippen LogP contribution >= 0.6 is 0 Å². The topological polar surface area (TPSA) is 83.6 Å². The number of carbonyl (C=O) groups excluding carboxylic acids is 1. The van der Waals surface area contributed by atoms with E-state index in [1.54, 1.807) is 7.05 Å². The van der Waals surface area contributed by atoms with Gasteiger partial charge in [-0.1, -0.05) is 12.1 Å². The Morgan fingerprint density at radius 3 is 2.73 bits per heavy atom. The van der Waals surface area contributed by atoms with E-state index < -0.39 is 5.97 Å². The quantitative estimate of drug-likeness (QED) is 0.800. The lowest BCUT2D eigenvalue weighted by Crippen LogP contribution is -2.27. The first-order valence-corrected chi connectivity index (χ1v) is 4.51. The number of hydrogen-bond acceptors (Lipinski definition) is 4. The minimum atomic E-state index is -1.24. The van der Waals surface area contributed by atoms with E-state index in [2.05, 4.69) is 9.68 Å². The van der Waals surface area contributed by atoms with Gasteiger partial charge in [0.15, 0.2) is 5.69 Å². The van der Waals surface area contributed by atoms with Gasteiger partial charge in [0.05, 0.1) is 0 Å². The smallest absolute Gasteiger partial charge is 0.374 e. The molecule has 1 N–H and O–H groups in total. The number of rotatable bonds is 4. The highest BCUT2D eigenvalue weighted by molar-refractivity contribution is 5.94. The highest BCUT2D eigenvalue weighted by Gasteiger charge is 2.18. The molecule has 82 valence electrons. The van der Waals surface area contributed by atoms with Crippen LogP contribution in [0.3, 0.4) is 0 Å². The van der Waals surface area contributed by atoms with Gasteiger partial charge in [-0.25, -0.2) is 4.79 Å². The van der Waals surface area contributed by atoms with Crippen molar-refractivity contribution in [3.63, 3.8) is 0 Å². The zero-order chi connectivity index (χ0) is 11.4. The lowest BCUT2D eigenvalue weighted by atomic mass is 10.3. The number of aromatic carboxylic acids is 1. The molecule has 0 aliphatic rings. The molecular formula is C9H12N2O4. The van der Waals surface area contributed by atoms with Crippen molar-refractivity contribution in [2.24, 2.45) is 0 Å². The van der Waals surface area contributed by atoms with Gasteiger partial charge >= 0.3 is 5.97 Å². The Morgan fingerprint density at radius 1 is 1.60 bits per heavy atom. The Kier molecular flexibility index (Phi) is 3.43. The van der Waals surface area contributed by atoms with Crippen molar-refractivity contribution in [2.45, 2.75) is 13.3 Å². The highest BCUT2D eigenvalue weighted by Crippen LogP contribution is 2.06. The summed E-state index contributed by atoms with van der Waals surface area (Å²) in [7, 11) is 1.63. The van der Waals surface area contributed by atoms with Crippen LogP contribution < -0.4 is 0 Å². The SMILES string of the molecule is CCCN(C)C(=O)c1cc(C(=O)O)on1. The molecule has 0 atom stereocenters. The fourth-order valence-corrected chi connectivity index (χ4v) is 1.11. The Labute approximate surface area is 86.5 Å². The maximum Gasteiger partial charge on any atom is 0.374 e. The molecule has 0 unspecified atom stereocenters. The molecule has 0 bridgehead atoms. The van der Waals surface area contributed by atoms with Gasteiger partial charge in [-0.15, -0.1) is 0 Å². The van der Waals surface area contributed by atoms with Crippen molar-refractivity contribution in [1.29, 1.82) is 0 Å². The minimum absolute atomic E-state index is 0.0170. The van der Waals surface area contributed by atoms with Crippen LogP contribution in [-0.4, -0.2) is 40.6 Å². The lowest BCUT2D eigenvalue weighted by molar-refractivity contribution is 0.0649. The van der Waals surface area contributed by atoms with Crippen molar-refractivity contribution >= 4 is 11.9 Å². The van der Waals surface area contributed by atoms with Crippen LogP contribution in [0.15, 0.2) is 10.6 Å². The standard InChI is InChI=1S/C9H12N2O4/c1-3-4-11(2)8(12)6-5-7(9(13)14)15-10-6/h5H,3-4H2,1-2H3,(H,13,14). The number of aromatic nitrogens is 1. The van der Waals surface area contributed by atoms with E-state index in [0.29, 0.717) is 6.54 Å². The van der Waals surface area contributed by atoms with E-state index in [4.69, 9.17) is 5.11 Å². The van der Waals surface area contributed by atoms with Crippen LogP contribution in [0, 0.1) is 0 Å². The number of carboxylic acids is 1. The van der Waals surface area contributed by atoms with Crippen LogP contribution in [0.5, 0.6) is 0 Å². The van der Waals surface area contributed by atoms with Crippen LogP contribution in [0.4, 0.5) is 0 Å². The summed E-state index contributed by atoms with van der Waals surface area (Å²) >= 11 is 0. The number of nitrogens with zero attached hydrogens (tertiary/aromatic N) is 2. The Morgan fingerprint density at radius 2 is 2.27 bits per heavy atom. The molecule has 0 aliphatic carbocycles. The van der Waals surface area contributed by atoms with Gasteiger partial charge in [-0.2, -0.15) is 0 Å². The predicted octanol–water partition coefficient (Wildman–Crippen LogP) is 0.855. The Bertz CT molecular complexity index is 372. The fraction of sp³-hybridized carbons (Fsp3) is 0.444. The number of hydrogen-bond donors (Lipinski definition) is 1. The van der Waals surface area contributed by atoms with Gasteiger partial charge in [-0.05, 0) is 6.42 Å². The largest absolute Gasteiger partial charge is 0.475 e. The second-order valence-corrected chi connectivity index (χ2v) is 3.11. The molecule has 1 amide bonds. The summed E-state index contributed by atoms with van der Waals surface area (Å²) in [6, 6.07) is 1.12. The molecule has 6 nitrogen and oxygen atoms in total. The van der Waals surface area contributed by atoms with Crippen molar-refractivity contribution in [1.82, 2.24) is 10.1 Å². The zero-order valence-electron chi connectivity index (χ0n) is 8.56. The molecule has 1 aromatic rings. The summed E-state index contributed by atoms with van der Waals surface area (Å²) < 4.78 is 4.48. The molecule has 15 heavy (non-hydrogen) atoms. The second kappa shape index (κ2) is 4.59. The summed E-state index contributed by atoms with van der Waals surface area (Å²) in [6.07, 6.45) is 0.825. The number of carbonyl (C=O) groups is 2. The monoisotopic (exact) mass is 212 g/mol. The first kappa shape index (κ1) is 11.2. The van der Waals surface area contributed by atoms with Gasteiger partial charge in [0.2, 0.25) is 5.76 Å². The van der Waals surface area contributed by atoms with Crippen LogP contribution in [-0.2, 0) is 0 Å². The molecular weight excluding hydrogens is 200 g/mol. The zero-order valence-corrected chi connectivity index (χ0v) is 8.56. The molecule has 0 radical (unpaired) electrons. The van der Waals surface area contributed by atoms with Crippen LogP contribution in [0.2, 0.25) is 0 Å². The number of amides is 1. The van der Waals surface area contributed by atoms with Gasteiger partial charge in [0.1, 0.15) is 0 Å². The molecule has 0 saturated carbocycles. The molecule has 6 heteroatoms. The molecule has 1 rings (SSSR count). The van der Waals surface area contributed by atoms with E-state index in [1.165, 1.54) is 4.90 Å². The molecule has 1 aromatic heterocycles. The Hall–Kier alpha value is -1.85. The van der Waals surface area contributed by atoms with Crippen molar-refractivity contribution < 1.29 is 19.2 Å². The van der Waals surface area contributed by atoms with E-state index >= 15 is 0 Å². The first-order valence-electron chi connectivity index (χ1n) is 4.51. The molecule has 0 saturated heterocycles. The minimum Gasteiger partial charge on any atom is -0.475 e. The van der Waals surface area contributed by atoms with E-state index in [0.717, 1.165) is 12.5 Å². The van der Waals surface area contributed by atoms with E-state index in [9.17, 15) is 9.59 Å². The fourth-order valence-electron chi connectivity index (χ4n) is 1.11. The van der Waals surface area contributed by atoms with Crippen molar-refractivity contribution in [3.8, 4) is 0 Å². The molecule has 0 aromatic carbocycles. The van der Waals surface area contributed by atoms with Gasteiger partial charge in [0.25, 0.3) is 5.91 Å². The summed E-state index contributed by atoms with van der Waals surface area (Å²) in [4.78, 5) is 23.5. The third-order valence-electron chi connectivity index (χ3n) is 1.85. The summed E-state index contributed by atoms with van der Waals surface area (Å²) in [5, 5.41) is 12.0. The van der Waals surface area contributed by atoms with Gasteiger partial charge in [-0.3, -0.25) is 4.79 Å². The molecule has 1 heterocycles. The average molecular weight is 212 g/mol. The normalized spacial score (nSPS) is 10.0. The Balaban J connectivity index is 2.78. The highest BCUT2D eigenvalue weighted by atomic mass is 16.5. The van der Waals surface area contributed by atoms with Crippen LogP contribution in [0.25, 0.3) is 0 Å². The predicted molar refractivity (Wildman–Crippen MR) is 50.7 cm³/mol. The van der Waals surface area contributed by atoms with Gasteiger partial charge in [0, 0.05) is 19.7 Å². The summed E-state index contributed by atoms with van der Waals surface area (Å²) in [5.74, 6) is -1.91. The third-order valence-corrected chi connectivity index (χ3v) is 1.85. The molecule has 0 fully saturated rings. The summed E-state index contributed by atoms with van der Waals surface area (Å²) in [5.41, 5.74) is 0.0170. The first-order chi connectivity index (χ1) is 7.06. The van der Waals surface area contributed by atoms with Crippen LogP contribution in [0.1, 0.15) is 34.4 Å². The maximum atomic E-state index is 11.6.